The van der Waals surface area contributed by atoms with E-state index in [-0.39, 0.29) is 6.04 Å². The lowest BCUT2D eigenvalue weighted by Crippen LogP contribution is -2.37. The second kappa shape index (κ2) is 9.57. The summed E-state index contributed by atoms with van der Waals surface area (Å²) in [4.78, 5) is 2.10. The normalized spacial score (nSPS) is 16.1. The van der Waals surface area contributed by atoms with Gasteiger partial charge in [-0.3, -0.25) is 0 Å². The Morgan fingerprint density at radius 2 is 1.82 bits per heavy atom. The van der Waals surface area contributed by atoms with Gasteiger partial charge < -0.3 is 18.9 Å². The lowest BCUT2D eigenvalue weighted by Gasteiger charge is -2.34. The number of rotatable bonds is 7. The van der Waals surface area contributed by atoms with Crippen molar-refractivity contribution in [2.45, 2.75) is 53.7 Å². The maximum absolute atomic E-state index is 6.28. The van der Waals surface area contributed by atoms with E-state index >= 15 is 0 Å². The molecule has 33 heavy (non-hydrogen) atoms. The van der Waals surface area contributed by atoms with Crippen LogP contribution in [0.4, 0.5) is 5.88 Å². The van der Waals surface area contributed by atoms with E-state index in [1.54, 1.807) is 7.11 Å². The summed E-state index contributed by atoms with van der Waals surface area (Å²) in [6.07, 6.45) is 2.97. The molecule has 1 aromatic heterocycles. The molecule has 0 fully saturated rings. The molecule has 0 aliphatic carbocycles. The highest BCUT2D eigenvalue weighted by Gasteiger charge is 2.32. The van der Waals surface area contributed by atoms with E-state index in [4.69, 9.17) is 14.0 Å². The molecule has 3 aromatic rings. The molecule has 5 nitrogen and oxygen atoms in total. The summed E-state index contributed by atoms with van der Waals surface area (Å²) in [5.74, 6) is 2.26. The van der Waals surface area contributed by atoms with Crippen LogP contribution in [-0.4, -0.2) is 18.3 Å². The molecule has 5 heteroatoms. The zero-order chi connectivity index (χ0) is 23.5. The molecule has 0 N–H and O–H groups in total. The Balaban J connectivity index is 1.56. The van der Waals surface area contributed by atoms with Crippen molar-refractivity contribution < 1.29 is 14.0 Å². The molecular weight excluding hydrogens is 412 g/mol. The van der Waals surface area contributed by atoms with Crippen LogP contribution in [0.1, 0.15) is 43.2 Å². The summed E-state index contributed by atoms with van der Waals surface area (Å²) < 4.78 is 17.7. The van der Waals surface area contributed by atoms with Crippen LogP contribution in [0.15, 0.2) is 76.3 Å². The first-order chi connectivity index (χ1) is 15.9. The molecule has 1 atom stereocenters. The van der Waals surface area contributed by atoms with E-state index in [2.05, 4.69) is 66.4 Å². The quantitative estimate of drug-likeness (QED) is 0.405. The van der Waals surface area contributed by atoms with E-state index in [0.717, 1.165) is 46.3 Å². The molecule has 2 heterocycles. The van der Waals surface area contributed by atoms with E-state index in [9.17, 15) is 0 Å². The summed E-state index contributed by atoms with van der Waals surface area (Å²) in [6.45, 7) is 10.8. The molecule has 0 amide bonds. The van der Waals surface area contributed by atoms with Gasteiger partial charge in [-0.05, 0) is 56.4 Å². The molecular formula is C28H32N2O3. The van der Waals surface area contributed by atoms with Gasteiger partial charge in [0, 0.05) is 17.3 Å². The van der Waals surface area contributed by atoms with Crippen molar-refractivity contribution in [3.63, 3.8) is 0 Å². The number of benzene rings is 2. The van der Waals surface area contributed by atoms with Gasteiger partial charge in [-0.25, -0.2) is 0 Å². The fraction of sp³-hybridized carbons (Fsp3) is 0.321. The highest BCUT2D eigenvalue weighted by molar-refractivity contribution is 5.67. The summed E-state index contributed by atoms with van der Waals surface area (Å²) in [6, 6.07) is 17.0. The lowest BCUT2D eigenvalue weighted by molar-refractivity contribution is 0.165. The molecule has 0 saturated carbocycles. The first-order valence-corrected chi connectivity index (χ1v) is 11.4. The number of hydrogen-bond donors (Lipinski definition) is 0. The molecule has 4 rings (SSSR count). The smallest absolute Gasteiger partial charge is 0.235 e. The van der Waals surface area contributed by atoms with Gasteiger partial charge in [0.1, 0.15) is 6.61 Å². The molecule has 1 aliphatic heterocycles. The number of nitrogens with zero attached hydrogens (tertiary/aromatic N) is 2. The predicted molar refractivity (Wildman–Crippen MR) is 132 cm³/mol. The van der Waals surface area contributed by atoms with Crippen molar-refractivity contribution in [2.75, 3.05) is 12.0 Å². The maximum atomic E-state index is 6.28. The SMILES string of the molecule is CCc1cc(COC2=C(OC)C(C)N(c3onc(C)c3C)C(C)=C2)ccc1-c1ccccc1. The van der Waals surface area contributed by atoms with Gasteiger partial charge in [0.15, 0.2) is 11.5 Å². The van der Waals surface area contributed by atoms with E-state index in [1.807, 2.05) is 32.9 Å². The van der Waals surface area contributed by atoms with Gasteiger partial charge in [0.05, 0.1) is 18.8 Å². The average Bonchev–Trinajstić information content (AvgIpc) is 3.16. The number of aryl methyl sites for hydroxylation is 2. The van der Waals surface area contributed by atoms with Crippen LogP contribution >= 0.6 is 0 Å². The Labute approximate surface area is 196 Å². The number of anilines is 1. The van der Waals surface area contributed by atoms with Crippen LogP contribution < -0.4 is 4.90 Å². The Morgan fingerprint density at radius 3 is 2.45 bits per heavy atom. The van der Waals surface area contributed by atoms with Gasteiger partial charge in [-0.2, -0.15) is 0 Å². The standard InChI is InChI=1S/C28H32N2O3/c1-7-23-16-22(13-14-25(23)24-11-9-8-10-12-24)17-32-26-15-18(2)30(21(5)27(26)31-6)28-19(3)20(4)29-33-28/h8-16,21H,7,17H2,1-6H3. The van der Waals surface area contributed by atoms with E-state index < -0.39 is 0 Å². The molecule has 2 aromatic carbocycles. The maximum Gasteiger partial charge on any atom is 0.235 e. The summed E-state index contributed by atoms with van der Waals surface area (Å²) >= 11 is 0. The summed E-state index contributed by atoms with van der Waals surface area (Å²) in [7, 11) is 1.68. The second-order valence-electron chi connectivity index (χ2n) is 8.46. The van der Waals surface area contributed by atoms with Crippen LogP contribution in [-0.2, 0) is 22.5 Å². The van der Waals surface area contributed by atoms with Crippen LogP contribution in [0.3, 0.4) is 0 Å². The number of methoxy groups -OCH3 is 1. The van der Waals surface area contributed by atoms with Crippen LogP contribution in [0.2, 0.25) is 0 Å². The van der Waals surface area contributed by atoms with Gasteiger partial charge in [-0.15, -0.1) is 0 Å². The predicted octanol–water partition coefficient (Wildman–Crippen LogP) is 6.71. The van der Waals surface area contributed by atoms with Gasteiger partial charge in [0.25, 0.3) is 0 Å². The Kier molecular flexibility index (Phi) is 6.59. The van der Waals surface area contributed by atoms with E-state index in [0.29, 0.717) is 6.61 Å². The molecule has 0 bridgehead atoms. The third-order valence-corrected chi connectivity index (χ3v) is 6.33. The van der Waals surface area contributed by atoms with Gasteiger partial charge >= 0.3 is 0 Å². The highest BCUT2D eigenvalue weighted by atomic mass is 16.5. The zero-order valence-corrected chi connectivity index (χ0v) is 20.3. The van der Waals surface area contributed by atoms with Crippen LogP contribution in [0, 0.1) is 13.8 Å². The third-order valence-electron chi connectivity index (χ3n) is 6.33. The average molecular weight is 445 g/mol. The van der Waals surface area contributed by atoms with Gasteiger partial charge in [-0.1, -0.05) is 60.6 Å². The minimum Gasteiger partial charge on any atom is -0.495 e. The zero-order valence-electron chi connectivity index (χ0n) is 20.3. The topological polar surface area (TPSA) is 47.7 Å². The minimum atomic E-state index is -0.0762. The molecule has 172 valence electrons. The number of allylic oxidation sites excluding steroid dienone is 2. The largest absolute Gasteiger partial charge is 0.495 e. The van der Waals surface area contributed by atoms with Crippen molar-refractivity contribution in [3.8, 4) is 11.1 Å². The first kappa shape index (κ1) is 22.7. The monoisotopic (exact) mass is 444 g/mol. The Hall–Kier alpha value is -3.47. The fourth-order valence-corrected chi connectivity index (χ4v) is 4.40. The van der Waals surface area contributed by atoms with E-state index in [1.165, 1.54) is 16.7 Å². The van der Waals surface area contributed by atoms with Crippen LogP contribution in [0.5, 0.6) is 0 Å². The Bertz CT molecular complexity index is 1190. The fourth-order valence-electron chi connectivity index (χ4n) is 4.40. The molecule has 0 saturated heterocycles. The third kappa shape index (κ3) is 4.40. The number of aromatic nitrogens is 1. The number of ether oxygens (including phenoxy) is 2. The van der Waals surface area contributed by atoms with Crippen molar-refractivity contribution in [2.24, 2.45) is 0 Å². The van der Waals surface area contributed by atoms with Crippen molar-refractivity contribution in [3.05, 3.63) is 94.2 Å². The molecule has 1 aliphatic rings. The van der Waals surface area contributed by atoms with Crippen molar-refractivity contribution in [1.29, 1.82) is 0 Å². The van der Waals surface area contributed by atoms with Crippen molar-refractivity contribution in [1.82, 2.24) is 5.16 Å². The minimum absolute atomic E-state index is 0.0762. The molecule has 1 unspecified atom stereocenters. The first-order valence-electron chi connectivity index (χ1n) is 11.4. The summed E-state index contributed by atoms with van der Waals surface area (Å²) in [5, 5.41) is 4.12. The lowest BCUT2D eigenvalue weighted by atomic mass is 9.96. The molecule has 0 spiro atoms. The highest BCUT2D eigenvalue weighted by Crippen LogP contribution is 2.35. The number of hydrogen-bond acceptors (Lipinski definition) is 5. The Morgan fingerprint density at radius 1 is 1.06 bits per heavy atom. The van der Waals surface area contributed by atoms with Gasteiger partial charge in [0.2, 0.25) is 5.88 Å². The molecule has 0 radical (unpaired) electrons. The van der Waals surface area contributed by atoms with Crippen molar-refractivity contribution >= 4 is 5.88 Å². The van der Waals surface area contributed by atoms with Crippen LogP contribution in [0.25, 0.3) is 11.1 Å². The summed E-state index contributed by atoms with van der Waals surface area (Å²) in [5.41, 5.74) is 7.90. The second-order valence-corrected chi connectivity index (χ2v) is 8.46.